The number of hydrogen-bond acceptors (Lipinski definition) is 4. The number of hydrogen-bond donors (Lipinski definition) is 1. The number of rotatable bonds is 2. The monoisotopic (exact) mass is 242 g/mol. The summed E-state index contributed by atoms with van der Waals surface area (Å²) in [6.45, 7) is 0. The Bertz CT molecular complexity index is 380. The van der Waals surface area contributed by atoms with Gasteiger partial charge in [0.1, 0.15) is 0 Å². The molecule has 0 aromatic heterocycles. The Morgan fingerprint density at radius 3 is 2.67 bits per heavy atom. The average molecular weight is 243 g/mol. The lowest BCUT2D eigenvalue weighted by Gasteiger charge is -2.17. The molecule has 15 heavy (non-hydrogen) atoms. The van der Waals surface area contributed by atoms with Crippen LogP contribution < -0.4 is 0 Å². The molecule has 1 unspecified atom stereocenters. The van der Waals surface area contributed by atoms with Gasteiger partial charge in [-0.25, -0.2) is 0 Å². The summed E-state index contributed by atoms with van der Waals surface area (Å²) < 4.78 is 5.61. The van der Waals surface area contributed by atoms with Crippen molar-refractivity contribution in [3.63, 3.8) is 0 Å². The molecule has 2 rings (SSSR count). The van der Waals surface area contributed by atoms with Crippen LogP contribution in [-0.4, -0.2) is 23.7 Å². The standard InChI is InChI=1S/C10H11ClN2OS/c1-13-10(14-9(6-15)12-13)7-2-4-8(11)5-3-7/h2-5,10,15H,6H2,1H3. The van der Waals surface area contributed by atoms with Gasteiger partial charge >= 0.3 is 0 Å². The van der Waals surface area contributed by atoms with Crippen LogP contribution in [0.5, 0.6) is 0 Å². The van der Waals surface area contributed by atoms with Crippen LogP contribution in [0.15, 0.2) is 29.4 Å². The second-order valence-electron chi connectivity index (χ2n) is 3.25. The van der Waals surface area contributed by atoms with Crippen molar-refractivity contribution >= 4 is 30.1 Å². The summed E-state index contributed by atoms with van der Waals surface area (Å²) in [5.41, 5.74) is 1.03. The van der Waals surface area contributed by atoms with E-state index in [4.69, 9.17) is 16.3 Å². The fraction of sp³-hybridized carbons (Fsp3) is 0.300. The highest BCUT2D eigenvalue weighted by molar-refractivity contribution is 7.81. The maximum atomic E-state index is 5.82. The van der Waals surface area contributed by atoms with Gasteiger partial charge in [-0.2, -0.15) is 12.6 Å². The molecule has 0 spiro atoms. The SMILES string of the molecule is CN1N=C(CS)OC1c1ccc(Cl)cc1. The Labute approximate surface area is 99.1 Å². The Hall–Kier alpha value is -0.870. The third kappa shape index (κ3) is 2.21. The van der Waals surface area contributed by atoms with Crippen LogP contribution in [0.25, 0.3) is 0 Å². The van der Waals surface area contributed by atoms with E-state index >= 15 is 0 Å². The molecule has 0 bridgehead atoms. The lowest BCUT2D eigenvalue weighted by Crippen LogP contribution is -2.15. The van der Waals surface area contributed by atoms with E-state index < -0.39 is 0 Å². The molecule has 3 nitrogen and oxygen atoms in total. The molecule has 0 N–H and O–H groups in total. The van der Waals surface area contributed by atoms with Gasteiger partial charge in [0.15, 0.2) is 0 Å². The molecule has 1 aliphatic rings. The van der Waals surface area contributed by atoms with E-state index in [-0.39, 0.29) is 6.23 Å². The highest BCUT2D eigenvalue weighted by atomic mass is 35.5. The van der Waals surface area contributed by atoms with Gasteiger partial charge in [0.2, 0.25) is 12.1 Å². The van der Waals surface area contributed by atoms with Crippen molar-refractivity contribution in [1.29, 1.82) is 0 Å². The highest BCUT2D eigenvalue weighted by Crippen LogP contribution is 2.27. The Morgan fingerprint density at radius 2 is 2.13 bits per heavy atom. The van der Waals surface area contributed by atoms with Crippen LogP contribution in [-0.2, 0) is 4.74 Å². The van der Waals surface area contributed by atoms with Crippen LogP contribution in [0.1, 0.15) is 11.8 Å². The lowest BCUT2D eigenvalue weighted by atomic mass is 10.2. The molecule has 5 heteroatoms. The second-order valence-corrected chi connectivity index (χ2v) is 4.00. The third-order valence-electron chi connectivity index (χ3n) is 2.15. The van der Waals surface area contributed by atoms with E-state index in [0.717, 1.165) is 10.6 Å². The number of hydrazone groups is 1. The topological polar surface area (TPSA) is 24.8 Å². The van der Waals surface area contributed by atoms with Crippen LogP contribution in [0, 0.1) is 0 Å². The predicted octanol–water partition coefficient (Wildman–Crippen LogP) is 2.54. The Morgan fingerprint density at radius 1 is 1.47 bits per heavy atom. The van der Waals surface area contributed by atoms with E-state index in [1.54, 1.807) is 5.01 Å². The quantitative estimate of drug-likeness (QED) is 0.807. The highest BCUT2D eigenvalue weighted by Gasteiger charge is 2.25. The number of benzene rings is 1. The minimum Gasteiger partial charge on any atom is -0.449 e. The van der Waals surface area contributed by atoms with Gasteiger partial charge in [0.05, 0.1) is 5.75 Å². The van der Waals surface area contributed by atoms with Gasteiger partial charge in [0, 0.05) is 17.6 Å². The van der Waals surface area contributed by atoms with Crippen LogP contribution in [0.3, 0.4) is 0 Å². The zero-order valence-corrected chi connectivity index (χ0v) is 9.87. The molecule has 80 valence electrons. The molecule has 0 saturated heterocycles. The van der Waals surface area contributed by atoms with Gasteiger partial charge < -0.3 is 4.74 Å². The molecule has 0 aliphatic carbocycles. The zero-order valence-electron chi connectivity index (χ0n) is 8.22. The predicted molar refractivity (Wildman–Crippen MR) is 64.3 cm³/mol. The fourth-order valence-electron chi connectivity index (χ4n) is 1.44. The van der Waals surface area contributed by atoms with Crippen molar-refractivity contribution in [2.75, 3.05) is 12.8 Å². The normalized spacial score (nSPS) is 20.1. The average Bonchev–Trinajstić information content (AvgIpc) is 2.61. The molecular formula is C10H11ClN2OS. The number of halogens is 1. The number of thiol groups is 1. The first-order chi connectivity index (χ1) is 7.20. The number of nitrogens with zero attached hydrogens (tertiary/aromatic N) is 2. The van der Waals surface area contributed by atoms with Crippen molar-refractivity contribution in [1.82, 2.24) is 5.01 Å². The lowest BCUT2D eigenvalue weighted by molar-refractivity contribution is 0.0773. The van der Waals surface area contributed by atoms with Crippen LogP contribution in [0.4, 0.5) is 0 Å². The summed E-state index contributed by atoms with van der Waals surface area (Å²) in [4.78, 5) is 0. The number of ether oxygens (including phenoxy) is 1. The van der Waals surface area contributed by atoms with Crippen LogP contribution >= 0.6 is 24.2 Å². The third-order valence-corrected chi connectivity index (χ3v) is 2.67. The smallest absolute Gasteiger partial charge is 0.218 e. The van der Waals surface area contributed by atoms with Crippen molar-refractivity contribution in [2.24, 2.45) is 5.10 Å². The van der Waals surface area contributed by atoms with E-state index in [1.807, 2.05) is 31.3 Å². The summed E-state index contributed by atoms with van der Waals surface area (Å²) in [6, 6.07) is 7.54. The maximum Gasteiger partial charge on any atom is 0.218 e. The minimum absolute atomic E-state index is 0.163. The first-order valence-electron chi connectivity index (χ1n) is 4.54. The molecule has 0 amide bonds. The van der Waals surface area contributed by atoms with E-state index in [0.29, 0.717) is 11.7 Å². The Balaban J connectivity index is 2.17. The van der Waals surface area contributed by atoms with Gasteiger partial charge in [-0.15, -0.1) is 5.10 Å². The molecule has 1 atom stereocenters. The second kappa shape index (κ2) is 4.33. The van der Waals surface area contributed by atoms with Crippen molar-refractivity contribution in [3.05, 3.63) is 34.9 Å². The van der Waals surface area contributed by atoms with Gasteiger partial charge in [-0.05, 0) is 12.1 Å². The summed E-state index contributed by atoms with van der Waals surface area (Å²) in [7, 11) is 1.87. The first-order valence-corrected chi connectivity index (χ1v) is 5.55. The first kappa shape index (κ1) is 10.6. The molecule has 1 aromatic rings. The van der Waals surface area contributed by atoms with E-state index in [9.17, 15) is 0 Å². The maximum absolute atomic E-state index is 5.82. The van der Waals surface area contributed by atoms with Crippen molar-refractivity contribution in [3.8, 4) is 0 Å². The van der Waals surface area contributed by atoms with Gasteiger partial charge in [0.25, 0.3) is 0 Å². The summed E-state index contributed by atoms with van der Waals surface area (Å²) >= 11 is 9.94. The van der Waals surface area contributed by atoms with E-state index in [2.05, 4.69) is 17.7 Å². The molecule has 0 fully saturated rings. The van der Waals surface area contributed by atoms with E-state index in [1.165, 1.54) is 0 Å². The Kier molecular flexibility index (Phi) is 3.07. The molecule has 1 heterocycles. The summed E-state index contributed by atoms with van der Waals surface area (Å²) in [5, 5.41) is 6.70. The largest absolute Gasteiger partial charge is 0.449 e. The summed E-state index contributed by atoms with van der Waals surface area (Å²) in [5.74, 6) is 1.15. The van der Waals surface area contributed by atoms with Crippen molar-refractivity contribution < 1.29 is 4.74 Å². The molecule has 1 aromatic carbocycles. The summed E-state index contributed by atoms with van der Waals surface area (Å²) in [6.07, 6.45) is -0.163. The minimum atomic E-state index is -0.163. The molecule has 0 radical (unpaired) electrons. The van der Waals surface area contributed by atoms with Crippen molar-refractivity contribution in [2.45, 2.75) is 6.23 Å². The van der Waals surface area contributed by atoms with Crippen LogP contribution in [0.2, 0.25) is 5.02 Å². The molecular weight excluding hydrogens is 232 g/mol. The van der Waals surface area contributed by atoms with Gasteiger partial charge in [-0.3, -0.25) is 5.01 Å². The molecule has 0 saturated carbocycles. The zero-order chi connectivity index (χ0) is 10.8. The fourth-order valence-corrected chi connectivity index (χ4v) is 1.70. The molecule has 1 aliphatic heterocycles. The van der Waals surface area contributed by atoms with Gasteiger partial charge in [-0.1, -0.05) is 23.7 Å².